The molecule has 18 radical (unpaired) electrons. The van der Waals surface area contributed by atoms with Gasteiger partial charge in [0.05, 0.1) is 23.4 Å². The Morgan fingerprint density at radius 1 is 0.600 bits per heavy atom. The first kappa shape index (κ1) is 65.3. The Bertz CT molecular complexity index is 3390. The second-order valence-electron chi connectivity index (χ2n) is 23.4. The van der Waals surface area contributed by atoms with Gasteiger partial charge in [-0.15, -0.1) is 0 Å². The number of hydrogen-bond donors (Lipinski definition) is 0. The molecular weight excluding hydrogens is 1060 g/mol. The summed E-state index contributed by atoms with van der Waals surface area (Å²) >= 11 is 6.13. The van der Waals surface area contributed by atoms with E-state index in [0.29, 0.717) is 67.7 Å². The Hall–Kier alpha value is -5.63. The molecule has 2 aliphatic heterocycles. The van der Waals surface area contributed by atoms with Crippen LogP contribution in [0.4, 0.5) is 16.4 Å². The summed E-state index contributed by atoms with van der Waals surface area (Å²) in [6, 6.07) is 17.4. The molecule has 0 unspecified atom stereocenters. The number of piperidine rings is 1. The van der Waals surface area contributed by atoms with E-state index in [0.717, 1.165) is 76.4 Å². The third-order valence-corrected chi connectivity index (χ3v) is 15.7. The maximum atomic E-state index is 12.7. The third kappa shape index (κ3) is 17.1. The first-order valence-corrected chi connectivity index (χ1v) is 29.3. The van der Waals surface area contributed by atoms with Crippen LogP contribution < -0.4 is 9.80 Å². The third-order valence-electron chi connectivity index (χ3n) is 15.5. The van der Waals surface area contributed by atoms with Gasteiger partial charge in [0, 0.05) is 219 Å². The van der Waals surface area contributed by atoms with Crippen LogP contribution in [0.5, 0.6) is 0 Å². The quantitative estimate of drug-likeness (QED) is 0.0985. The molecule has 85 heavy (non-hydrogen) atoms. The van der Waals surface area contributed by atoms with E-state index in [1.165, 1.54) is 48.6 Å². The van der Waals surface area contributed by atoms with E-state index in [1.807, 2.05) is 87.9 Å². The zero-order chi connectivity index (χ0) is 59.8. The molecule has 2 saturated carbocycles. The topological polar surface area (TPSA) is 156 Å². The van der Waals surface area contributed by atoms with Gasteiger partial charge in [-0.3, -0.25) is 19.7 Å². The minimum atomic E-state index is -0.807. The monoisotopic (exact) mass is 1120 g/mol. The summed E-state index contributed by atoms with van der Waals surface area (Å²) < 4.78 is 5.55. The Labute approximate surface area is 521 Å². The number of aromatic nitrogens is 8. The highest BCUT2D eigenvalue weighted by atomic mass is 35.5. The summed E-state index contributed by atoms with van der Waals surface area (Å²) in [5, 5.41) is 2.62. The minimum Gasteiger partial charge on any atom is -0.444 e. The molecule has 6 aromatic heterocycles. The van der Waals surface area contributed by atoms with Crippen LogP contribution in [0.3, 0.4) is 0 Å². The molecule has 1 amide bonds. The molecule has 14 nitrogen and oxygen atoms in total. The second-order valence-corrected chi connectivity index (χ2v) is 23.7. The Morgan fingerprint density at radius 3 is 1.59 bits per heavy atom. The van der Waals surface area contributed by atoms with Crippen molar-refractivity contribution in [3.05, 3.63) is 119 Å². The number of halogens is 1. The van der Waals surface area contributed by atoms with Crippen LogP contribution in [0.15, 0.2) is 91.8 Å². The summed E-state index contributed by atoms with van der Waals surface area (Å²) in [6.45, 7) is 10.2. The van der Waals surface area contributed by atoms with Crippen molar-refractivity contribution in [1.82, 2.24) is 44.8 Å². The lowest BCUT2D eigenvalue weighted by molar-refractivity contribution is -0.117. The number of hydrogen-bond acceptors (Lipinski definition) is 13. The van der Waals surface area contributed by atoms with Gasteiger partial charge < -0.3 is 19.4 Å². The van der Waals surface area contributed by atoms with Gasteiger partial charge in [0.2, 0.25) is 0 Å². The maximum Gasteiger partial charge on any atom is 0.410 e. The molecule has 11 rings (SSSR count). The lowest BCUT2D eigenvalue weighted by Gasteiger charge is -2.37. The van der Waals surface area contributed by atoms with Gasteiger partial charge in [-0.1, -0.05) is 49.4 Å². The molecule has 0 atom stereocenters. The minimum absolute atomic E-state index is 0. The normalized spacial score (nSPS) is 14.8. The van der Waals surface area contributed by atoms with E-state index in [9.17, 15) is 9.59 Å². The maximum absolute atomic E-state index is 12.7. The molecule has 1 aromatic carbocycles. The highest BCUT2D eigenvalue weighted by molar-refractivity contribution is 8.13. The molecule has 2 aliphatic carbocycles. The van der Waals surface area contributed by atoms with Crippen molar-refractivity contribution in [1.29, 1.82) is 0 Å². The molecule has 404 valence electrons. The largest absolute Gasteiger partial charge is 0.444 e. The van der Waals surface area contributed by atoms with Gasteiger partial charge in [0.25, 0.3) is 0 Å². The van der Waals surface area contributed by atoms with Crippen molar-refractivity contribution in [2.24, 2.45) is 0 Å². The number of Topliss-reactive ketones (excluding diaryl/α,β-unsaturated/α-hetero) is 1. The van der Waals surface area contributed by atoms with Crippen LogP contribution in [0.2, 0.25) is 5.15 Å². The Balaban J connectivity index is 0.000000177. The van der Waals surface area contributed by atoms with Gasteiger partial charge in [0.1, 0.15) is 28.2 Å². The van der Waals surface area contributed by atoms with Crippen molar-refractivity contribution in [3.8, 4) is 22.8 Å². The van der Waals surface area contributed by atoms with Gasteiger partial charge in [-0.05, 0) is 119 Å². The molecule has 0 N–H and O–H groups in total. The fraction of sp³-hybridized carbons (Fsp3) is 0.407. The lowest BCUT2D eigenvalue weighted by atomic mass is 8.44. The molecule has 8 heterocycles. The number of rotatable bonds is 16. The van der Waals surface area contributed by atoms with Crippen LogP contribution in [0.25, 0.3) is 44.6 Å². The van der Waals surface area contributed by atoms with Gasteiger partial charge in [-0.2, -0.15) is 0 Å². The van der Waals surface area contributed by atoms with Crippen LogP contribution in [0, 0.1) is 0 Å². The van der Waals surface area contributed by atoms with E-state index in [4.69, 9.17) is 106 Å². The number of ether oxygens (including phenoxy) is 1. The molecule has 4 aliphatic rings. The van der Waals surface area contributed by atoms with E-state index in [2.05, 4.69) is 29.7 Å². The van der Waals surface area contributed by atoms with Crippen LogP contribution in [-0.2, 0) is 22.4 Å². The molecule has 2 saturated heterocycles. The zero-order valence-electron chi connectivity index (χ0n) is 48.2. The Kier molecular flexibility index (Phi) is 22.6. The number of anilines is 2. The summed E-state index contributed by atoms with van der Waals surface area (Å²) in [5.74, 6) is 4.41. The molecule has 7 aromatic rings. The first-order valence-electron chi connectivity index (χ1n) is 28.9. The van der Waals surface area contributed by atoms with Gasteiger partial charge >= 0.3 is 6.09 Å². The predicted molar refractivity (Wildman–Crippen MR) is 364 cm³/mol. The second kappa shape index (κ2) is 29.4. The molecular formula is C54H60B16ClN11O3. The fourth-order valence-corrected chi connectivity index (χ4v) is 11.1. The van der Waals surface area contributed by atoms with Crippen molar-refractivity contribution in [2.45, 2.75) is 103 Å². The van der Waals surface area contributed by atoms with Crippen molar-refractivity contribution in [2.75, 3.05) is 49.1 Å². The number of carbonyl (C=O) groups excluding carboxylic acids is 2. The molecule has 0 bridgehead atoms. The fourth-order valence-electron chi connectivity index (χ4n) is 11.0. The van der Waals surface area contributed by atoms with Crippen LogP contribution in [-0.4, -0.2) is 216 Å². The SMILES string of the molecule is C.CC(C)(C)OC(=O)N1CCN(c2nc(-c3ccnc(Cl)c3)nc3cncc(C4CC4)c23)CC1.O=C(Cc1ccccc1)Cc1cc(-c2nc(N3CCCCC3)c3c(C4CC4)cncc3n2)ccn1.[B]B([B])B([B])B(B([B])[B])B(B([B])[B])B([B])[B]. The van der Waals surface area contributed by atoms with Gasteiger partial charge in [-0.25, -0.2) is 29.7 Å². The highest BCUT2D eigenvalue weighted by Crippen LogP contribution is 2.46. The number of benzene rings is 1. The standard InChI is InChI=1S/C29H29N5O.C24H27ClN6O2.CH4.B16/c35-24(15-20-7-3-1-4-8-20)17-23-16-22(11-12-31-23)28-32-26-19-30-18-25(21-9-10-21)27(26)29(33-28)34-13-5-2-6-14-34;1-24(2,3)33-23(32)31-10-8-30(9-11-31)22-20-17(15-4-5-15)13-26-14-18(20)28-21(29-22)16-6-7-27-19(25)12-16;;1-10(2)14(9)16(13(7)8)15(11(3)4)12(5)6/h1,3-4,7-8,11-12,16,18-19,21H,2,5-6,9-10,13-15,17H2;6-7,12-15H,4-5,8-11H2,1-3H3;1H4;. The molecule has 4 fully saturated rings. The van der Waals surface area contributed by atoms with Crippen molar-refractivity contribution in [3.63, 3.8) is 0 Å². The Morgan fingerprint density at radius 2 is 1.11 bits per heavy atom. The summed E-state index contributed by atoms with van der Waals surface area (Å²) in [4.78, 5) is 69.1. The number of pyridine rings is 4. The highest BCUT2D eigenvalue weighted by Gasteiger charge is 2.39. The predicted octanol–water partition coefficient (Wildman–Crippen LogP) is 4.53. The van der Waals surface area contributed by atoms with Gasteiger partial charge in [0.15, 0.2) is 11.6 Å². The molecule has 0 spiro atoms. The van der Waals surface area contributed by atoms with Crippen molar-refractivity contribution < 1.29 is 14.3 Å². The first-order chi connectivity index (χ1) is 40.2. The number of amides is 1. The van der Waals surface area contributed by atoms with Crippen LogP contribution >= 0.6 is 11.6 Å². The van der Waals surface area contributed by atoms with Crippen molar-refractivity contribution >= 4 is 171 Å². The van der Waals surface area contributed by atoms with E-state index >= 15 is 0 Å². The zero-order valence-corrected chi connectivity index (χ0v) is 48.9. The number of fused-ring (bicyclic) bond motifs is 2. The summed E-state index contributed by atoms with van der Waals surface area (Å²) in [6.07, 6.45) is 14.9. The number of piperazine rings is 1. The smallest absolute Gasteiger partial charge is 0.410 e. The summed E-state index contributed by atoms with van der Waals surface area (Å²) in [5.41, 5.74) is 7.17. The average Bonchev–Trinajstić information content (AvgIpc) is 1.97. The number of carbonyl (C=O) groups is 2. The van der Waals surface area contributed by atoms with Crippen LogP contribution in [0.1, 0.15) is 107 Å². The average molecular weight is 1120 g/mol. The van der Waals surface area contributed by atoms with E-state index in [1.54, 1.807) is 29.6 Å². The van der Waals surface area contributed by atoms with E-state index in [-0.39, 0.29) is 19.3 Å². The van der Waals surface area contributed by atoms with E-state index < -0.39 is 50.3 Å². The molecule has 31 heteroatoms. The number of nitrogens with zero attached hydrogens (tertiary/aromatic N) is 11. The summed E-state index contributed by atoms with van der Waals surface area (Å²) in [7, 11) is 50.4. The number of ketones is 1. The lowest BCUT2D eigenvalue weighted by Crippen LogP contribution is -2.75.